The average Bonchev–Trinajstić information content (AvgIpc) is 2.33. The van der Waals surface area contributed by atoms with Gasteiger partial charge in [0.2, 0.25) is 5.91 Å². The molecule has 1 aromatic carbocycles. The smallest absolute Gasteiger partial charge is 0.257 e. The minimum atomic E-state index is -0.430. The fourth-order valence-corrected chi connectivity index (χ4v) is 2.09. The second-order valence-electron chi connectivity index (χ2n) is 4.63. The Kier molecular flexibility index (Phi) is 4.52. The number of aliphatic hydroxyl groups excluding tert-OH is 1. The minimum absolute atomic E-state index is 0.141. The van der Waals surface area contributed by atoms with Crippen molar-refractivity contribution < 1.29 is 14.7 Å². The molecule has 1 aliphatic heterocycles. The van der Waals surface area contributed by atoms with Crippen LogP contribution in [0.15, 0.2) is 24.3 Å². The van der Waals surface area contributed by atoms with Gasteiger partial charge in [-0.2, -0.15) is 0 Å². The van der Waals surface area contributed by atoms with Gasteiger partial charge in [-0.05, 0) is 24.3 Å². The van der Waals surface area contributed by atoms with Crippen LogP contribution < -0.4 is 5.32 Å². The number of rotatable bonds is 4. The van der Waals surface area contributed by atoms with E-state index < -0.39 is 5.91 Å². The van der Waals surface area contributed by atoms with Crippen LogP contribution in [0.3, 0.4) is 0 Å². The zero-order valence-corrected chi connectivity index (χ0v) is 11.1. The number of nitrogens with one attached hydrogen (secondary N) is 1. The molecule has 1 saturated heterocycles. The number of aliphatic hydroxyl groups is 1. The van der Waals surface area contributed by atoms with Gasteiger partial charge in [0.25, 0.3) is 5.91 Å². The van der Waals surface area contributed by atoms with Gasteiger partial charge in [-0.25, -0.2) is 0 Å². The van der Waals surface area contributed by atoms with E-state index in [1.165, 1.54) is 0 Å². The molecular weight excluding hydrogens is 268 g/mol. The number of likely N-dealkylation sites (tertiary alicyclic amines) is 1. The number of benzene rings is 1. The summed E-state index contributed by atoms with van der Waals surface area (Å²) in [6, 6.07) is 6.33. The number of carbonyl (C=O) groups excluding carboxylic acids is 2. The van der Waals surface area contributed by atoms with E-state index in [4.69, 9.17) is 16.7 Å². The molecule has 6 heteroatoms. The van der Waals surface area contributed by atoms with Crippen molar-refractivity contribution in [2.45, 2.75) is 0 Å². The van der Waals surface area contributed by atoms with Crippen LogP contribution in [0.25, 0.3) is 0 Å². The first-order valence-corrected chi connectivity index (χ1v) is 6.39. The summed E-state index contributed by atoms with van der Waals surface area (Å²) < 4.78 is 0. The van der Waals surface area contributed by atoms with Crippen molar-refractivity contribution in [3.63, 3.8) is 0 Å². The van der Waals surface area contributed by atoms with E-state index in [2.05, 4.69) is 5.32 Å². The molecule has 0 unspecified atom stereocenters. The number of hydrogen-bond acceptors (Lipinski definition) is 4. The van der Waals surface area contributed by atoms with Crippen LogP contribution in [0.5, 0.6) is 0 Å². The number of imide groups is 1. The largest absolute Gasteiger partial charge is 0.396 e. The lowest BCUT2D eigenvalue weighted by Crippen LogP contribution is -2.52. The molecule has 19 heavy (non-hydrogen) atoms. The van der Waals surface area contributed by atoms with E-state index in [0.29, 0.717) is 23.7 Å². The molecule has 2 N–H and O–H groups in total. The number of carbonyl (C=O) groups is 2. The molecular formula is C13H15ClN2O3. The summed E-state index contributed by atoms with van der Waals surface area (Å²) >= 11 is 5.72. The van der Waals surface area contributed by atoms with Gasteiger partial charge < -0.3 is 5.11 Å². The number of amides is 2. The predicted molar refractivity (Wildman–Crippen MR) is 70.9 cm³/mol. The Morgan fingerprint density at radius 1 is 1.32 bits per heavy atom. The molecule has 0 aromatic heterocycles. The monoisotopic (exact) mass is 282 g/mol. The van der Waals surface area contributed by atoms with Crippen LogP contribution >= 0.6 is 11.6 Å². The zero-order valence-electron chi connectivity index (χ0n) is 10.3. The molecule has 0 aliphatic carbocycles. The molecule has 0 radical (unpaired) electrons. The van der Waals surface area contributed by atoms with Gasteiger partial charge in [-0.1, -0.05) is 11.6 Å². The Bertz CT molecular complexity index is 469. The van der Waals surface area contributed by atoms with Gasteiger partial charge in [-0.3, -0.25) is 19.8 Å². The fourth-order valence-electron chi connectivity index (χ4n) is 1.96. The third-order valence-electron chi connectivity index (χ3n) is 3.02. The van der Waals surface area contributed by atoms with E-state index in [9.17, 15) is 9.59 Å². The van der Waals surface area contributed by atoms with Crippen LogP contribution in [0, 0.1) is 5.92 Å². The lowest BCUT2D eigenvalue weighted by Gasteiger charge is -2.37. The molecule has 5 nitrogen and oxygen atoms in total. The normalized spacial score (nSPS) is 15.9. The molecule has 0 saturated carbocycles. The number of nitrogens with zero attached hydrogens (tertiary/aromatic N) is 1. The topological polar surface area (TPSA) is 69.6 Å². The molecule has 1 aromatic rings. The van der Waals surface area contributed by atoms with Crippen molar-refractivity contribution in [2.24, 2.45) is 5.92 Å². The summed E-state index contributed by atoms with van der Waals surface area (Å²) in [5.41, 5.74) is 0.398. The van der Waals surface area contributed by atoms with Gasteiger partial charge in [0, 0.05) is 36.2 Å². The first-order chi connectivity index (χ1) is 9.08. The second-order valence-corrected chi connectivity index (χ2v) is 5.06. The van der Waals surface area contributed by atoms with Crippen molar-refractivity contribution in [2.75, 3.05) is 26.2 Å². The third-order valence-corrected chi connectivity index (χ3v) is 3.27. The van der Waals surface area contributed by atoms with Crippen LogP contribution in [0.2, 0.25) is 5.02 Å². The van der Waals surface area contributed by atoms with E-state index in [0.717, 1.165) is 0 Å². The first kappa shape index (κ1) is 14.0. The van der Waals surface area contributed by atoms with Gasteiger partial charge in [0.05, 0.1) is 6.54 Å². The Labute approximate surface area is 116 Å². The summed E-state index contributed by atoms with van der Waals surface area (Å²) in [5.74, 6) is -0.517. The highest BCUT2D eigenvalue weighted by atomic mass is 35.5. The third kappa shape index (κ3) is 3.76. The van der Waals surface area contributed by atoms with Gasteiger partial charge in [0.1, 0.15) is 0 Å². The SMILES string of the molecule is O=C(CN1CC(CO)C1)NC(=O)c1ccc(Cl)cc1. The molecule has 2 rings (SSSR count). The fraction of sp³-hybridized carbons (Fsp3) is 0.385. The summed E-state index contributed by atoms with van der Waals surface area (Å²) in [5, 5.41) is 11.7. The highest BCUT2D eigenvalue weighted by Crippen LogP contribution is 2.13. The molecule has 2 amide bonds. The Morgan fingerprint density at radius 2 is 1.95 bits per heavy atom. The van der Waals surface area contributed by atoms with Crippen molar-refractivity contribution in [1.82, 2.24) is 10.2 Å². The molecule has 0 atom stereocenters. The van der Waals surface area contributed by atoms with E-state index in [-0.39, 0.29) is 25.0 Å². The molecule has 102 valence electrons. The lowest BCUT2D eigenvalue weighted by molar-refractivity contribution is -0.123. The maximum Gasteiger partial charge on any atom is 0.257 e. The molecule has 0 spiro atoms. The van der Waals surface area contributed by atoms with E-state index in [1.807, 2.05) is 4.90 Å². The Hall–Kier alpha value is -1.43. The van der Waals surface area contributed by atoms with Gasteiger partial charge in [0.15, 0.2) is 0 Å². The lowest BCUT2D eigenvalue weighted by atomic mass is 10.0. The van der Waals surface area contributed by atoms with Crippen LogP contribution in [-0.4, -0.2) is 48.1 Å². The maximum atomic E-state index is 11.7. The van der Waals surface area contributed by atoms with Crippen LogP contribution in [0.1, 0.15) is 10.4 Å². The molecule has 1 heterocycles. The molecule has 1 fully saturated rings. The zero-order chi connectivity index (χ0) is 13.8. The number of halogens is 1. The summed E-state index contributed by atoms with van der Waals surface area (Å²) in [6.07, 6.45) is 0. The second kappa shape index (κ2) is 6.14. The summed E-state index contributed by atoms with van der Waals surface area (Å²) in [6.45, 7) is 1.70. The highest BCUT2D eigenvalue weighted by Gasteiger charge is 2.27. The minimum Gasteiger partial charge on any atom is -0.396 e. The van der Waals surface area contributed by atoms with E-state index >= 15 is 0 Å². The Balaban J connectivity index is 1.79. The average molecular weight is 283 g/mol. The first-order valence-electron chi connectivity index (χ1n) is 6.01. The summed E-state index contributed by atoms with van der Waals surface area (Å²) in [4.78, 5) is 25.3. The van der Waals surface area contributed by atoms with Crippen LogP contribution in [0.4, 0.5) is 0 Å². The maximum absolute atomic E-state index is 11.7. The van der Waals surface area contributed by atoms with Crippen molar-refractivity contribution in [3.8, 4) is 0 Å². The standard InChI is InChI=1S/C13H15ClN2O3/c14-11-3-1-10(2-4-11)13(19)15-12(18)7-16-5-9(6-16)8-17/h1-4,9,17H,5-8H2,(H,15,18,19). The highest BCUT2D eigenvalue weighted by molar-refractivity contribution is 6.30. The quantitative estimate of drug-likeness (QED) is 0.845. The van der Waals surface area contributed by atoms with Gasteiger partial charge >= 0.3 is 0 Å². The molecule has 0 bridgehead atoms. The van der Waals surface area contributed by atoms with Crippen molar-refractivity contribution >= 4 is 23.4 Å². The van der Waals surface area contributed by atoms with Crippen molar-refractivity contribution in [1.29, 1.82) is 0 Å². The molecule has 1 aliphatic rings. The Morgan fingerprint density at radius 3 is 2.53 bits per heavy atom. The summed E-state index contributed by atoms with van der Waals surface area (Å²) in [7, 11) is 0. The van der Waals surface area contributed by atoms with Crippen LogP contribution in [-0.2, 0) is 4.79 Å². The number of hydrogen-bond donors (Lipinski definition) is 2. The van der Waals surface area contributed by atoms with E-state index in [1.54, 1.807) is 24.3 Å². The van der Waals surface area contributed by atoms with Crippen molar-refractivity contribution in [3.05, 3.63) is 34.9 Å². The predicted octanol–water partition coefficient (Wildman–Crippen LogP) is 0.521. The van der Waals surface area contributed by atoms with Gasteiger partial charge in [-0.15, -0.1) is 0 Å².